The van der Waals surface area contributed by atoms with Gasteiger partial charge >= 0.3 is 0 Å². The monoisotopic (exact) mass is 193 g/mol. The molecule has 3 nitrogen and oxygen atoms in total. The molecule has 0 unspecified atom stereocenters. The Morgan fingerprint density at radius 3 is 2.57 bits per heavy atom. The summed E-state index contributed by atoms with van der Waals surface area (Å²) in [6.07, 6.45) is 4.67. The standard InChI is InChI=1S/C11H19N3/c1-11(2,9-12)14-8-5-10-3-6-13-7-4-10/h3-4,6-7,14H,5,8-9,12H2,1-2H3. The number of nitrogens with zero attached hydrogens (tertiary/aromatic N) is 1. The number of pyridine rings is 1. The largest absolute Gasteiger partial charge is 0.329 e. The number of aromatic nitrogens is 1. The van der Waals surface area contributed by atoms with Crippen LogP contribution in [0.15, 0.2) is 24.5 Å². The van der Waals surface area contributed by atoms with Gasteiger partial charge in [0.05, 0.1) is 0 Å². The fourth-order valence-corrected chi connectivity index (χ4v) is 1.17. The minimum absolute atomic E-state index is 0.0348. The molecular weight excluding hydrogens is 174 g/mol. The normalized spacial score (nSPS) is 11.6. The van der Waals surface area contributed by atoms with E-state index < -0.39 is 0 Å². The molecule has 1 aromatic rings. The van der Waals surface area contributed by atoms with Crippen molar-refractivity contribution in [3.05, 3.63) is 30.1 Å². The molecule has 0 atom stereocenters. The van der Waals surface area contributed by atoms with Crippen molar-refractivity contribution in [3.8, 4) is 0 Å². The van der Waals surface area contributed by atoms with E-state index in [1.807, 2.05) is 24.5 Å². The average molecular weight is 193 g/mol. The molecule has 0 amide bonds. The van der Waals surface area contributed by atoms with Gasteiger partial charge in [0.2, 0.25) is 0 Å². The highest BCUT2D eigenvalue weighted by atomic mass is 15.0. The topological polar surface area (TPSA) is 50.9 Å². The molecule has 0 aliphatic carbocycles. The summed E-state index contributed by atoms with van der Waals surface area (Å²) < 4.78 is 0. The summed E-state index contributed by atoms with van der Waals surface area (Å²) >= 11 is 0. The Bertz CT molecular complexity index is 256. The molecule has 14 heavy (non-hydrogen) atoms. The van der Waals surface area contributed by atoms with Gasteiger partial charge in [-0.15, -0.1) is 0 Å². The molecule has 0 bridgehead atoms. The number of rotatable bonds is 5. The number of nitrogens with two attached hydrogens (primary N) is 1. The van der Waals surface area contributed by atoms with Gasteiger partial charge in [0.15, 0.2) is 0 Å². The minimum Gasteiger partial charge on any atom is -0.329 e. The third kappa shape index (κ3) is 3.85. The van der Waals surface area contributed by atoms with Gasteiger partial charge in [-0.25, -0.2) is 0 Å². The van der Waals surface area contributed by atoms with Crippen LogP contribution < -0.4 is 11.1 Å². The molecule has 0 aliphatic heterocycles. The molecule has 1 rings (SSSR count). The Morgan fingerprint density at radius 1 is 1.36 bits per heavy atom. The Labute approximate surface area is 85.7 Å². The Kier molecular flexibility index (Phi) is 4.04. The first-order chi connectivity index (χ1) is 6.64. The Morgan fingerprint density at radius 2 is 2.00 bits per heavy atom. The van der Waals surface area contributed by atoms with Crippen LogP contribution in [0.1, 0.15) is 19.4 Å². The summed E-state index contributed by atoms with van der Waals surface area (Å²) in [5.41, 5.74) is 6.95. The third-order valence-electron chi connectivity index (χ3n) is 2.28. The number of nitrogens with one attached hydrogen (secondary N) is 1. The lowest BCUT2D eigenvalue weighted by molar-refractivity contribution is 0.402. The number of hydrogen-bond donors (Lipinski definition) is 2. The van der Waals surface area contributed by atoms with Gasteiger partial charge in [0, 0.05) is 24.5 Å². The van der Waals surface area contributed by atoms with Crippen LogP contribution in [0.25, 0.3) is 0 Å². The van der Waals surface area contributed by atoms with E-state index in [9.17, 15) is 0 Å². The summed E-state index contributed by atoms with van der Waals surface area (Å²) in [7, 11) is 0. The van der Waals surface area contributed by atoms with Crippen LogP contribution in [0, 0.1) is 0 Å². The molecule has 3 N–H and O–H groups in total. The highest BCUT2D eigenvalue weighted by Crippen LogP contribution is 2.00. The zero-order valence-corrected chi connectivity index (χ0v) is 8.96. The molecule has 0 radical (unpaired) electrons. The van der Waals surface area contributed by atoms with Crippen molar-refractivity contribution in [2.75, 3.05) is 13.1 Å². The highest BCUT2D eigenvalue weighted by molar-refractivity contribution is 5.09. The van der Waals surface area contributed by atoms with E-state index in [1.54, 1.807) is 0 Å². The maximum atomic E-state index is 5.61. The van der Waals surface area contributed by atoms with Crippen molar-refractivity contribution < 1.29 is 0 Å². The van der Waals surface area contributed by atoms with Crippen LogP contribution >= 0.6 is 0 Å². The maximum absolute atomic E-state index is 5.61. The quantitative estimate of drug-likeness (QED) is 0.732. The molecular formula is C11H19N3. The van der Waals surface area contributed by atoms with Gasteiger partial charge < -0.3 is 11.1 Å². The van der Waals surface area contributed by atoms with Gasteiger partial charge in [0.25, 0.3) is 0 Å². The van der Waals surface area contributed by atoms with E-state index >= 15 is 0 Å². The van der Waals surface area contributed by atoms with Crippen molar-refractivity contribution in [1.82, 2.24) is 10.3 Å². The van der Waals surface area contributed by atoms with Crippen LogP contribution in [0.4, 0.5) is 0 Å². The Balaban J connectivity index is 2.29. The molecule has 0 aromatic carbocycles. The van der Waals surface area contributed by atoms with Gasteiger partial charge in [-0.1, -0.05) is 0 Å². The smallest absolute Gasteiger partial charge is 0.0270 e. The summed E-state index contributed by atoms with van der Waals surface area (Å²) in [6.45, 7) is 5.83. The van der Waals surface area contributed by atoms with E-state index in [2.05, 4.69) is 24.1 Å². The van der Waals surface area contributed by atoms with E-state index in [0.29, 0.717) is 6.54 Å². The maximum Gasteiger partial charge on any atom is 0.0270 e. The minimum atomic E-state index is 0.0348. The summed E-state index contributed by atoms with van der Waals surface area (Å²) in [5, 5.41) is 3.41. The molecule has 0 saturated carbocycles. The summed E-state index contributed by atoms with van der Waals surface area (Å²) in [4.78, 5) is 3.98. The van der Waals surface area contributed by atoms with E-state index in [0.717, 1.165) is 13.0 Å². The molecule has 1 aromatic heterocycles. The third-order valence-corrected chi connectivity index (χ3v) is 2.28. The van der Waals surface area contributed by atoms with Crippen LogP contribution in [-0.2, 0) is 6.42 Å². The first-order valence-corrected chi connectivity index (χ1v) is 4.98. The molecule has 78 valence electrons. The van der Waals surface area contributed by atoms with E-state index in [-0.39, 0.29) is 5.54 Å². The van der Waals surface area contributed by atoms with Gasteiger partial charge in [-0.3, -0.25) is 4.98 Å². The lowest BCUT2D eigenvalue weighted by atomic mass is 10.1. The zero-order valence-electron chi connectivity index (χ0n) is 8.96. The van der Waals surface area contributed by atoms with Crippen molar-refractivity contribution in [1.29, 1.82) is 0 Å². The SMILES string of the molecule is CC(C)(CN)NCCc1ccncc1. The fraction of sp³-hybridized carbons (Fsp3) is 0.545. The summed E-state index contributed by atoms with van der Waals surface area (Å²) in [5.74, 6) is 0. The van der Waals surface area contributed by atoms with E-state index in [4.69, 9.17) is 5.73 Å². The van der Waals surface area contributed by atoms with Crippen LogP contribution in [0.3, 0.4) is 0 Å². The molecule has 0 aliphatic rings. The Hall–Kier alpha value is -0.930. The predicted octanol–water partition coefficient (Wildman–Crippen LogP) is 0.951. The number of hydrogen-bond acceptors (Lipinski definition) is 3. The average Bonchev–Trinajstić information content (AvgIpc) is 2.19. The first-order valence-electron chi connectivity index (χ1n) is 4.98. The van der Waals surface area contributed by atoms with E-state index in [1.165, 1.54) is 5.56 Å². The summed E-state index contributed by atoms with van der Waals surface area (Å²) in [6, 6.07) is 4.08. The van der Waals surface area contributed by atoms with Crippen molar-refractivity contribution >= 4 is 0 Å². The van der Waals surface area contributed by atoms with Crippen molar-refractivity contribution in [2.45, 2.75) is 25.8 Å². The molecule has 0 fully saturated rings. The van der Waals surface area contributed by atoms with Gasteiger partial charge in [0.1, 0.15) is 0 Å². The van der Waals surface area contributed by atoms with Crippen LogP contribution in [0.2, 0.25) is 0 Å². The second kappa shape index (κ2) is 5.08. The zero-order chi connectivity index (χ0) is 10.4. The molecule has 3 heteroatoms. The van der Waals surface area contributed by atoms with Crippen LogP contribution in [-0.4, -0.2) is 23.6 Å². The highest BCUT2D eigenvalue weighted by Gasteiger charge is 2.12. The van der Waals surface area contributed by atoms with Crippen LogP contribution in [0.5, 0.6) is 0 Å². The van der Waals surface area contributed by atoms with Crippen molar-refractivity contribution in [2.24, 2.45) is 5.73 Å². The molecule has 0 saturated heterocycles. The first kappa shape index (κ1) is 11.1. The lowest BCUT2D eigenvalue weighted by Crippen LogP contribution is -2.46. The lowest BCUT2D eigenvalue weighted by Gasteiger charge is -2.24. The predicted molar refractivity (Wildman–Crippen MR) is 59.1 cm³/mol. The molecule has 1 heterocycles. The second-order valence-corrected chi connectivity index (χ2v) is 4.12. The second-order valence-electron chi connectivity index (χ2n) is 4.12. The fourth-order valence-electron chi connectivity index (χ4n) is 1.17. The van der Waals surface area contributed by atoms with Gasteiger partial charge in [-0.05, 0) is 44.5 Å². The van der Waals surface area contributed by atoms with Gasteiger partial charge in [-0.2, -0.15) is 0 Å². The van der Waals surface area contributed by atoms with Crippen molar-refractivity contribution in [3.63, 3.8) is 0 Å². The molecule has 0 spiro atoms.